The van der Waals surface area contributed by atoms with Crippen LogP contribution in [0.25, 0.3) is 0 Å². The molecule has 2 unspecified atom stereocenters. The van der Waals surface area contributed by atoms with E-state index in [1.54, 1.807) is 0 Å². The van der Waals surface area contributed by atoms with E-state index in [0.29, 0.717) is 5.92 Å². The summed E-state index contributed by atoms with van der Waals surface area (Å²) in [5, 5.41) is 3.52. The second-order valence-corrected chi connectivity index (χ2v) is 8.46. The van der Waals surface area contributed by atoms with Crippen LogP contribution in [0.5, 0.6) is 0 Å². The van der Waals surface area contributed by atoms with Crippen molar-refractivity contribution in [3.8, 4) is 0 Å². The standard InChI is InChI=1S/C23H37N5O2.HI/c1-3-30-17-20-9-11-28(15-20)23(25-2)26-13-18-6-4-7-19(12-18)14-27-10-5-8-21(16-27)22(24)29;/h4,6-7,12,20-21H,3,5,8-11,13-17H2,1-2H3,(H2,24,29)(H,25,26);1H. The number of piperidine rings is 1. The molecule has 0 aromatic heterocycles. The number of likely N-dealkylation sites (tertiary alicyclic amines) is 2. The average Bonchev–Trinajstić information content (AvgIpc) is 3.22. The summed E-state index contributed by atoms with van der Waals surface area (Å²) in [5.74, 6) is 1.36. The molecule has 3 rings (SSSR count). The van der Waals surface area contributed by atoms with E-state index >= 15 is 0 Å². The van der Waals surface area contributed by atoms with Crippen LogP contribution in [0.2, 0.25) is 0 Å². The molecule has 0 bridgehead atoms. The number of hydrogen-bond acceptors (Lipinski definition) is 4. The van der Waals surface area contributed by atoms with E-state index in [1.807, 2.05) is 14.0 Å². The molecule has 2 heterocycles. The summed E-state index contributed by atoms with van der Waals surface area (Å²) in [6.07, 6.45) is 3.10. The van der Waals surface area contributed by atoms with Crippen molar-refractivity contribution >= 4 is 35.8 Å². The van der Waals surface area contributed by atoms with Crippen LogP contribution in [0.4, 0.5) is 0 Å². The Balaban J connectivity index is 0.00000341. The van der Waals surface area contributed by atoms with Gasteiger partial charge in [0.15, 0.2) is 5.96 Å². The third kappa shape index (κ3) is 7.91. The highest BCUT2D eigenvalue weighted by Gasteiger charge is 2.25. The Hall–Kier alpha value is -1.39. The van der Waals surface area contributed by atoms with Gasteiger partial charge in [0.1, 0.15) is 0 Å². The number of amides is 1. The number of nitrogens with one attached hydrogen (secondary N) is 1. The fourth-order valence-corrected chi connectivity index (χ4v) is 4.49. The summed E-state index contributed by atoms with van der Waals surface area (Å²) in [7, 11) is 1.85. The van der Waals surface area contributed by atoms with Gasteiger partial charge in [-0.1, -0.05) is 24.3 Å². The predicted molar refractivity (Wildman–Crippen MR) is 135 cm³/mol. The van der Waals surface area contributed by atoms with Crippen LogP contribution in [-0.4, -0.2) is 68.1 Å². The Kier molecular flexibility index (Phi) is 11.0. The highest BCUT2D eigenvalue weighted by molar-refractivity contribution is 14.0. The zero-order valence-corrected chi connectivity index (χ0v) is 21.2. The van der Waals surface area contributed by atoms with Gasteiger partial charge in [-0.25, -0.2) is 0 Å². The van der Waals surface area contributed by atoms with Crippen molar-refractivity contribution in [3.63, 3.8) is 0 Å². The minimum atomic E-state index is -0.172. The summed E-state index contributed by atoms with van der Waals surface area (Å²) in [5.41, 5.74) is 8.02. The summed E-state index contributed by atoms with van der Waals surface area (Å²) >= 11 is 0. The molecule has 2 atom stereocenters. The van der Waals surface area contributed by atoms with Crippen molar-refractivity contribution < 1.29 is 9.53 Å². The van der Waals surface area contributed by atoms with Gasteiger partial charge in [-0.15, -0.1) is 24.0 Å². The molecule has 3 N–H and O–H groups in total. The van der Waals surface area contributed by atoms with Crippen molar-refractivity contribution in [1.29, 1.82) is 0 Å². The predicted octanol–water partition coefficient (Wildman–Crippen LogP) is 2.44. The van der Waals surface area contributed by atoms with E-state index in [-0.39, 0.29) is 35.8 Å². The zero-order valence-electron chi connectivity index (χ0n) is 18.9. The number of primary amides is 1. The number of hydrogen-bond donors (Lipinski definition) is 2. The van der Waals surface area contributed by atoms with Gasteiger partial charge >= 0.3 is 0 Å². The molecule has 0 aliphatic carbocycles. The van der Waals surface area contributed by atoms with E-state index in [2.05, 4.69) is 44.4 Å². The Morgan fingerprint density at radius 3 is 2.81 bits per heavy atom. The summed E-state index contributed by atoms with van der Waals surface area (Å²) in [6.45, 7) is 9.07. The van der Waals surface area contributed by atoms with Gasteiger partial charge in [0, 0.05) is 52.3 Å². The number of guanidine groups is 1. The Labute approximate surface area is 203 Å². The molecule has 174 valence electrons. The van der Waals surface area contributed by atoms with Crippen molar-refractivity contribution in [2.45, 2.75) is 39.3 Å². The van der Waals surface area contributed by atoms with Crippen LogP contribution in [0.15, 0.2) is 29.3 Å². The Morgan fingerprint density at radius 2 is 2.06 bits per heavy atom. The van der Waals surface area contributed by atoms with Crippen molar-refractivity contribution in [1.82, 2.24) is 15.1 Å². The first-order valence-corrected chi connectivity index (χ1v) is 11.2. The lowest BCUT2D eigenvalue weighted by Gasteiger charge is -2.31. The van der Waals surface area contributed by atoms with Crippen LogP contribution < -0.4 is 11.1 Å². The Bertz CT molecular complexity index is 730. The molecular formula is C23H38IN5O2. The van der Waals surface area contributed by atoms with E-state index in [4.69, 9.17) is 10.5 Å². The quantitative estimate of drug-likeness (QED) is 0.299. The van der Waals surface area contributed by atoms with Gasteiger partial charge in [-0.3, -0.25) is 14.7 Å². The molecule has 0 radical (unpaired) electrons. The van der Waals surface area contributed by atoms with Crippen LogP contribution in [-0.2, 0) is 22.6 Å². The molecular weight excluding hydrogens is 505 g/mol. The molecule has 0 saturated carbocycles. The fourth-order valence-electron chi connectivity index (χ4n) is 4.49. The number of halogens is 1. The molecule has 1 aromatic carbocycles. The van der Waals surface area contributed by atoms with E-state index in [1.165, 1.54) is 11.1 Å². The maximum Gasteiger partial charge on any atom is 0.221 e. The van der Waals surface area contributed by atoms with E-state index in [0.717, 1.165) is 77.7 Å². The van der Waals surface area contributed by atoms with Crippen LogP contribution >= 0.6 is 24.0 Å². The molecule has 2 fully saturated rings. The van der Waals surface area contributed by atoms with Crippen LogP contribution in [0.3, 0.4) is 0 Å². The van der Waals surface area contributed by atoms with Gasteiger partial charge in [0.05, 0.1) is 12.5 Å². The molecule has 2 saturated heterocycles. The number of nitrogens with zero attached hydrogens (tertiary/aromatic N) is 3. The third-order valence-electron chi connectivity index (χ3n) is 6.11. The smallest absolute Gasteiger partial charge is 0.221 e. The normalized spacial score (nSPS) is 22.3. The molecule has 1 aromatic rings. The zero-order chi connectivity index (χ0) is 21.3. The van der Waals surface area contributed by atoms with Crippen molar-refractivity contribution in [2.24, 2.45) is 22.6 Å². The van der Waals surface area contributed by atoms with Gasteiger partial charge < -0.3 is 20.7 Å². The molecule has 0 spiro atoms. The topological polar surface area (TPSA) is 83.2 Å². The maximum absolute atomic E-state index is 11.5. The number of ether oxygens (including phenoxy) is 1. The van der Waals surface area contributed by atoms with E-state index in [9.17, 15) is 4.79 Å². The molecule has 31 heavy (non-hydrogen) atoms. The van der Waals surface area contributed by atoms with Gasteiger partial charge in [-0.2, -0.15) is 0 Å². The molecule has 2 aliphatic rings. The number of benzene rings is 1. The van der Waals surface area contributed by atoms with Gasteiger partial charge in [-0.05, 0) is 43.9 Å². The number of aliphatic imine (C=N–C) groups is 1. The average molecular weight is 543 g/mol. The number of carbonyl (C=O) groups is 1. The van der Waals surface area contributed by atoms with Crippen molar-refractivity contribution in [3.05, 3.63) is 35.4 Å². The molecule has 1 amide bonds. The molecule has 2 aliphatic heterocycles. The lowest BCUT2D eigenvalue weighted by Crippen LogP contribution is -2.40. The first-order valence-electron chi connectivity index (χ1n) is 11.2. The minimum Gasteiger partial charge on any atom is -0.381 e. The number of nitrogens with two attached hydrogens (primary N) is 1. The fraction of sp³-hybridized carbons (Fsp3) is 0.652. The largest absolute Gasteiger partial charge is 0.381 e. The highest BCUT2D eigenvalue weighted by atomic mass is 127. The van der Waals surface area contributed by atoms with Crippen LogP contribution in [0.1, 0.15) is 37.3 Å². The van der Waals surface area contributed by atoms with Gasteiger partial charge in [0.25, 0.3) is 0 Å². The summed E-state index contributed by atoms with van der Waals surface area (Å²) in [6, 6.07) is 8.66. The maximum atomic E-state index is 11.5. The molecule has 8 heteroatoms. The van der Waals surface area contributed by atoms with Crippen LogP contribution in [0, 0.1) is 11.8 Å². The third-order valence-corrected chi connectivity index (χ3v) is 6.11. The first-order chi connectivity index (χ1) is 14.6. The summed E-state index contributed by atoms with van der Waals surface area (Å²) < 4.78 is 5.59. The second-order valence-electron chi connectivity index (χ2n) is 8.46. The second kappa shape index (κ2) is 13.2. The van der Waals surface area contributed by atoms with Gasteiger partial charge in [0.2, 0.25) is 5.91 Å². The van der Waals surface area contributed by atoms with E-state index < -0.39 is 0 Å². The monoisotopic (exact) mass is 543 g/mol. The number of carbonyl (C=O) groups excluding carboxylic acids is 1. The first kappa shape index (κ1) is 25.9. The molecule has 7 nitrogen and oxygen atoms in total. The minimum absolute atomic E-state index is 0. The summed E-state index contributed by atoms with van der Waals surface area (Å²) in [4.78, 5) is 20.7. The lowest BCUT2D eigenvalue weighted by molar-refractivity contribution is -0.123. The number of rotatable bonds is 8. The SMILES string of the molecule is CCOCC1CCN(C(=NC)NCc2cccc(CN3CCCC(C(N)=O)C3)c2)C1.I. The van der Waals surface area contributed by atoms with Crippen molar-refractivity contribution in [2.75, 3.05) is 46.4 Å². The Morgan fingerprint density at radius 1 is 1.26 bits per heavy atom. The lowest BCUT2D eigenvalue weighted by atomic mass is 9.97. The highest BCUT2D eigenvalue weighted by Crippen LogP contribution is 2.19.